The fraction of sp³-hybridized carbons (Fsp3) is 0.700. The lowest BCUT2D eigenvalue weighted by molar-refractivity contribution is -0.147. The molecule has 1 aliphatic rings. The number of carboxylic acid groups (broad SMARTS) is 1. The Morgan fingerprint density at radius 1 is 1.50 bits per heavy atom. The van der Waals surface area contributed by atoms with Crippen LogP contribution < -0.4 is 5.32 Å². The van der Waals surface area contributed by atoms with E-state index in [1.807, 2.05) is 0 Å². The Bertz CT molecular complexity index is 342. The second kappa shape index (κ2) is 4.11. The minimum Gasteiger partial charge on any atom is -0.480 e. The monoisotopic (exact) mass is 228 g/mol. The van der Waals surface area contributed by atoms with E-state index in [4.69, 9.17) is 5.11 Å². The van der Waals surface area contributed by atoms with Gasteiger partial charge in [-0.25, -0.2) is 14.5 Å². The summed E-state index contributed by atoms with van der Waals surface area (Å²) >= 11 is 0. The van der Waals surface area contributed by atoms with Gasteiger partial charge in [0.2, 0.25) is 0 Å². The topological polar surface area (TPSA) is 86.7 Å². The summed E-state index contributed by atoms with van der Waals surface area (Å²) in [6, 6.07) is -1.70. The Balaban J connectivity index is 3.03. The number of nitrogens with one attached hydrogen (secondary N) is 1. The van der Waals surface area contributed by atoms with Crippen LogP contribution in [-0.4, -0.2) is 39.5 Å². The van der Waals surface area contributed by atoms with E-state index in [0.717, 1.165) is 4.90 Å². The average molecular weight is 228 g/mol. The van der Waals surface area contributed by atoms with Crippen molar-refractivity contribution in [1.29, 1.82) is 0 Å². The molecular weight excluding hydrogens is 212 g/mol. The predicted octanol–water partition coefficient (Wildman–Crippen LogP) is 0.570. The van der Waals surface area contributed by atoms with Crippen LogP contribution in [-0.2, 0) is 9.59 Å². The molecule has 1 heterocycles. The van der Waals surface area contributed by atoms with Gasteiger partial charge in [0.05, 0.1) is 0 Å². The van der Waals surface area contributed by atoms with Crippen molar-refractivity contribution in [2.45, 2.75) is 45.2 Å². The second-order valence-electron chi connectivity index (χ2n) is 4.05. The van der Waals surface area contributed by atoms with Gasteiger partial charge in [-0.2, -0.15) is 0 Å². The lowest BCUT2D eigenvalue weighted by Gasteiger charge is -2.22. The third-order valence-electron chi connectivity index (χ3n) is 2.98. The summed E-state index contributed by atoms with van der Waals surface area (Å²) in [6.45, 7) is 4.99. The molecule has 6 heteroatoms. The summed E-state index contributed by atoms with van der Waals surface area (Å²) in [6.07, 6.45) is 0.637. The first-order valence-electron chi connectivity index (χ1n) is 5.26. The Morgan fingerprint density at radius 2 is 2.06 bits per heavy atom. The summed E-state index contributed by atoms with van der Waals surface area (Å²) in [5, 5.41) is 11.5. The van der Waals surface area contributed by atoms with Gasteiger partial charge in [0, 0.05) is 0 Å². The summed E-state index contributed by atoms with van der Waals surface area (Å²) in [4.78, 5) is 35.3. The van der Waals surface area contributed by atoms with Gasteiger partial charge >= 0.3 is 12.0 Å². The molecule has 90 valence electrons. The lowest BCUT2D eigenvalue weighted by Crippen LogP contribution is -2.47. The number of hydrogen-bond acceptors (Lipinski definition) is 3. The zero-order chi connectivity index (χ0) is 12.5. The highest BCUT2D eigenvalue weighted by molar-refractivity contribution is 6.09. The van der Waals surface area contributed by atoms with Crippen molar-refractivity contribution < 1.29 is 19.5 Å². The Kier molecular flexibility index (Phi) is 3.21. The molecule has 0 aromatic heterocycles. The largest absolute Gasteiger partial charge is 0.480 e. The van der Waals surface area contributed by atoms with Gasteiger partial charge in [-0.15, -0.1) is 0 Å². The van der Waals surface area contributed by atoms with Crippen LogP contribution in [0.1, 0.15) is 33.6 Å². The van der Waals surface area contributed by atoms with Gasteiger partial charge in [0.25, 0.3) is 5.91 Å². The number of rotatable bonds is 4. The van der Waals surface area contributed by atoms with Crippen molar-refractivity contribution in [3.8, 4) is 0 Å². The first-order chi connectivity index (χ1) is 7.37. The molecule has 1 saturated heterocycles. The van der Waals surface area contributed by atoms with Crippen molar-refractivity contribution in [3.05, 3.63) is 0 Å². The maximum Gasteiger partial charge on any atom is 0.326 e. The molecular formula is C10H16N2O4. The zero-order valence-electron chi connectivity index (χ0n) is 9.61. The number of hydrogen-bond donors (Lipinski definition) is 2. The molecule has 2 atom stereocenters. The standard InChI is InChI=1S/C10H16N2O4/c1-4-6(7(13)14)12-8(15)10(3,5-2)11-9(12)16/h6H,4-5H2,1-3H3,(H,11,16)(H,13,14). The summed E-state index contributed by atoms with van der Waals surface area (Å²) in [7, 11) is 0. The van der Waals surface area contributed by atoms with Crippen LogP contribution in [0, 0.1) is 0 Å². The molecule has 0 aromatic rings. The molecule has 0 saturated carbocycles. The van der Waals surface area contributed by atoms with Crippen LogP contribution in [0.15, 0.2) is 0 Å². The minimum atomic E-state index is -1.16. The van der Waals surface area contributed by atoms with Crippen molar-refractivity contribution in [3.63, 3.8) is 0 Å². The summed E-state index contributed by atoms with van der Waals surface area (Å²) in [5.74, 6) is -1.62. The SMILES string of the molecule is CCC(C(=O)O)N1C(=O)NC(C)(CC)C1=O. The van der Waals surface area contributed by atoms with E-state index in [0.29, 0.717) is 6.42 Å². The Hall–Kier alpha value is -1.59. The fourth-order valence-electron chi connectivity index (χ4n) is 1.70. The van der Waals surface area contributed by atoms with Crippen LogP contribution in [0.25, 0.3) is 0 Å². The highest BCUT2D eigenvalue weighted by atomic mass is 16.4. The summed E-state index contributed by atoms with van der Waals surface area (Å²) in [5.41, 5.74) is -0.972. The predicted molar refractivity (Wildman–Crippen MR) is 55.8 cm³/mol. The second-order valence-corrected chi connectivity index (χ2v) is 4.05. The molecule has 3 amide bonds. The van der Waals surface area contributed by atoms with Crippen molar-refractivity contribution in [2.24, 2.45) is 0 Å². The number of carbonyl (C=O) groups excluding carboxylic acids is 2. The summed E-state index contributed by atoms with van der Waals surface area (Å²) < 4.78 is 0. The highest BCUT2D eigenvalue weighted by Crippen LogP contribution is 2.23. The van der Waals surface area contributed by atoms with Crippen molar-refractivity contribution in [2.75, 3.05) is 0 Å². The van der Waals surface area contributed by atoms with E-state index in [-0.39, 0.29) is 6.42 Å². The van der Waals surface area contributed by atoms with Gasteiger partial charge in [0.1, 0.15) is 11.6 Å². The number of carboxylic acids is 1. The minimum absolute atomic E-state index is 0.203. The number of amides is 3. The first-order valence-corrected chi connectivity index (χ1v) is 5.26. The molecule has 0 aromatic carbocycles. The van der Waals surface area contributed by atoms with E-state index in [2.05, 4.69) is 5.32 Å². The van der Waals surface area contributed by atoms with Gasteiger partial charge in [-0.05, 0) is 19.8 Å². The van der Waals surface area contributed by atoms with Crippen molar-refractivity contribution in [1.82, 2.24) is 10.2 Å². The number of aliphatic carboxylic acids is 1. The molecule has 1 rings (SSSR count). The van der Waals surface area contributed by atoms with Crippen LogP contribution in [0.5, 0.6) is 0 Å². The van der Waals surface area contributed by atoms with E-state index < -0.39 is 29.5 Å². The average Bonchev–Trinajstić information content (AvgIpc) is 2.43. The maximum atomic E-state index is 12.0. The molecule has 0 aliphatic carbocycles. The van der Waals surface area contributed by atoms with Gasteiger partial charge < -0.3 is 10.4 Å². The van der Waals surface area contributed by atoms with E-state index in [1.165, 1.54) is 0 Å². The van der Waals surface area contributed by atoms with Crippen LogP contribution in [0.4, 0.5) is 4.79 Å². The van der Waals surface area contributed by atoms with Crippen LogP contribution in [0.3, 0.4) is 0 Å². The molecule has 1 fully saturated rings. The first kappa shape index (κ1) is 12.5. The molecule has 0 radical (unpaired) electrons. The van der Waals surface area contributed by atoms with Gasteiger partial charge in [-0.3, -0.25) is 4.79 Å². The quantitative estimate of drug-likeness (QED) is 0.689. The normalized spacial score (nSPS) is 26.8. The number of urea groups is 1. The lowest BCUT2D eigenvalue weighted by atomic mass is 9.99. The molecule has 2 N–H and O–H groups in total. The van der Waals surface area contributed by atoms with E-state index in [9.17, 15) is 14.4 Å². The fourth-order valence-corrected chi connectivity index (χ4v) is 1.70. The Morgan fingerprint density at radius 3 is 2.38 bits per heavy atom. The van der Waals surface area contributed by atoms with E-state index >= 15 is 0 Å². The number of imide groups is 1. The molecule has 0 spiro atoms. The molecule has 16 heavy (non-hydrogen) atoms. The zero-order valence-corrected chi connectivity index (χ0v) is 9.61. The maximum absolute atomic E-state index is 12.0. The number of carbonyl (C=O) groups is 3. The van der Waals surface area contributed by atoms with Gasteiger partial charge in [0.15, 0.2) is 0 Å². The van der Waals surface area contributed by atoms with Crippen LogP contribution >= 0.6 is 0 Å². The Labute approximate surface area is 93.6 Å². The molecule has 2 unspecified atom stereocenters. The smallest absolute Gasteiger partial charge is 0.326 e. The third-order valence-corrected chi connectivity index (χ3v) is 2.98. The third kappa shape index (κ3) is 1.75. The van der Waals surface area contributed by atoms with E-state index in [1.54, 1.807) is 20.8 Å². The highest BCUT2D eigenvalue weighted by Gasteiger charge is 2.50. The van der Waals surface area contributed by atoms with Crippen LogP contribution in [0.2, 0.25) is 0 Å². The van der Waals surface area contributed by atoms with Gasteiger partial charge in [-0.1, -0.05) is 13.8 Å². The molecule has 1 aliphatic heterocycles. The number of nitrogens with zero attached hydrogens (tertiary/aromatic N) is 1. The molecule has 6 nitrogen and oxygen atoms in total. The molecule has 0 bridgehead atoms. The van der Waals surface area contributed by atoms with Crippen molar-refractivity contribution >= 4 is 17.9 Å².